The molecular formula is C64H71N9O16. The number of carbonyl (C=O) groups is 8. The summed E-state index contributed by atoms with van der Waals surface area (Å²) >= 11 is 0. The van der Waals surface area contributed by atoms with Crippen molar-refractivity contribution in [2.45, 2.75) is 120 Å². The number of phenols is 4. The van der Waals surface area contributed by atoms with Gasteiger partial charge in [0.05, 0.1) is 12.5 Å². The summed E-state index contributed by atoms with van der Waals surface area (Å²) in [5.74, 6) is -10.4. The Morgan fingerprint density at radius 1 is 0.640 bits per heavy atom. The lowest BCUT2D eigenvalue weighted by atomic mass is 9.49. The Balaban J connectivity index is 1.04. The van der Waals surface area contributed by atoms with Crippen molar-refractivity contribution in [1.82, 2.24) is 42.5 Å². The van der Waals surface area contributed by atoms with Crippen LogP contribution >= 0.6 is 0 Å². The van der Waals surface area contributed by atoms with Gasteiger partial charge in [-0.1, -0.05) is 44.2 Å². The molecule has 25 heteroatoms. The second-order valence-corrected chi connectivity index (χ2v) is 24.9. The SMILES string of the molecule is CN[C@H](CC(C)C)C(=O)N[C@H]1C(=O)N[C@@H](CC(N)=O)C(=O)N[C@H]2C(=O)N[C@H]3C(=O)N[C@H](C(=O)N[C@H](C(=O)NCC45CC6CC(CC(C6)C4)C5)c4cc(O)cc(O)c4-c4cc3ccc4O)[C@H](O)c3ccc(cc3)Oc3cc2cc(c3O)Oc2ccc(cc2)[C@H]1O. The van der Waals surface area contributed by atoms with Gasteiger partial charge in [-0.15, -0.1) is 0 Å². The minimum Gasteiger partial charge on any atom is -0.508 e. The summed E-state index contributed by atoms with van der Waals surface area (Å²) in [5.41, 5.74) is 4.39. The summed E-state index contributed by atoms with van der Waals surface area (Å²) in [6.45, 7) is 3.98. The monoisotopic (exact) mass is 1220 g/mol. The molecule has 15 bridgehead atoms. The van der Waals surface area contributed by atoms with Crippen LogP contribution in [-0.2, 0) is 38.4 Å². The highest BCUT2D eigenvalue weighted by atomic mass is 16.5. The number of rotatable bonds is 10. The fraction of sp³-hybridized carbons (Fsp3) is 0.406. The molecule has 0 radical (unpaired) electrons. The van der Waals surface area contributed by atoms with Crippen molar-refractivity contribution in [3.63, 3.8) is 0 Å². The smallest absolute Gasteiger partial charge is 0.248 e. The number of aliphatic hydroxyl groups is 2. The maximum Gasteiger partial charge on any atom is 0.248 e. The van der Waals surface area contributed by atoms with Gasteiger partial charge in [0.15, 0.2) is 11.5 Å². The molecule has 16 N–H and O–H groups in total. The minimum absolute atomic E-state index is 0.00363. The first-order valence-corrected chi connectivity index (χ1v) is 29.7. The molecule has 0 spiro atoms. The van der Waals surface area contributed by atoms with Gasteiger partial charge in [-0.3, -0.25) is 38.4 Å². The number of benzene rings is 5. The maximum absolute atomic E-state index is 15.6. The zero-order chi connectivity index (χ0) is 63.3. The van der Waals surface area contributed by atoms with Crippen LogP contribution in [0.5, 0.6) is 46.0 Å². The predicted octanol–water partition coefficient (Wildman–Crippen LogP) is 3.34. The van der Waals surface area contributed by atoms with Crippen LogP contribution in [0.15, 0.2) is 91.0 Å². The van der Waals surface area contributed by atoms with Crippen LogP contribution in [0.3, 0.4) is 0 Å². The summed E-state index contributed by atoms with van der Waals surface area (Å²) in [5, 5.41) is 92.2. The van der Waals surface area contributed by atoms with Gasteiger partial charge in [-0.25, -0.2) is 0 Å². The van der Waals surface area contributed by atoms with E-state index in [1.54, 1.807) is 0 Å². The standard InChI is InChI=1S/C64H71N9O16/c1-28(2)14-41(66-3)57(81)72-52-54(78)32-4-9-37(10-5-32)88-45-19-35-20-46(56(45)80)89-38-11-6-33(7-12-38)55(79)53-63(87)71-51(59(83)67-27-64-24-29-15-30(25-64)17-31(16-29)26-64)40-21-36(74)22-44(76)48(40)39-18-34(8-13-43(39)75)49(60(84)73-53)70-61(85)50(35)69-58(82)42(23-47(65)77)68-62(52)86/h4-13,18-22,28-31,41-42,49-55,66,74-76,78-80H,14-17,23-27H2,1-3H3,(H2,65,77)(H,67,83)(H,68,86)(H,69,82)(H,70,85)(H,71,87)(H,72,81)(H,73,84)/t29?,30?,31?,41-,42+,49-,50-,51+,52-,53+,54-,55-,64?/m1/s1. The van der Waals surface area contributed by atoms with E-state index in [0.717, 1.165) is 68.9 Å². The van der Waals surface area contributed by atoms with Crippen LogP contribution in [0.4, 0.5) is 0 Å². The Hall–Kier alpha value is -9.46. The van der Waals surface area contributed by atoms with Gasteiger partial charge in [0, 0.05) is 23.7 Å². The highest BCUT2D eigenvalue weighted by Crippen LogP contribution is 2.60. The van der Waals surface area contributed by atoms with Gasteiger partial charge >= 0.3 is 0 Å². The highest BCUT2D eigenvalue weighted by molar-refractivity contribution is 6.00. The lowest BCUT2D eigenvalue weighted by Gasteiger charge is -2.57. The number of aliphatic hydroxyl groups excluding tert-OH is 2. The molecule has 468 valence electrons. The van der Waals surface area contributed by atoms with Crippen molar-refractivity contribution in [3.05, 3.63) is 119 Å². The van der Waals surface area contributed by atoms with Gasteiger partial charge in [0.1, 0.15) is 77.2 Å². The maximum atomic E-state index is 15.6. The summed E-state index contributed by atoms with van der Waals surface area (Å²) in [6, 6.07) is 6.24. The minimum atomic E-state index is -2.07. The van der Waals surface area contributed by atoms with Crippen LogP contribution < -0.4 is 57.7 Å². The molecule has 5 heterocycles. The average molecular weight is 1220 g/mol. The topological polar surface area (TPSA) is 399 Å². The lowest BCUT2D eigenvalue weighted by molar-refractivity contribution is -0.138. The quantitative estimate of drug-likeness (QED) is 0.0953. The van der Waals surface area contributed by atoms with Crippen molar-refractivity contribution < 1.29 is 78.5 Å². The molecule has 0 aromatic heterocycles. The molecular weight excluding hydrogens is 1150 g/mol. The number of nitrogens with two attached hydrogens (primary N) is 1. The molecule has 25 nitrogen and oxygen atoms in total. The van der Waals surface area contributed by atoms with E-state index in [4.69, 9.17) is 15.2 Å². The number of carbonyl (C=O) groups excluding carboxylic acids is 8. The van der Waals surface area contributed by atoms with Gasteiger partial charge in [-0.05, 0) is 163 Å². The Labute approximate surface area is 510 Å². The number of nitrogens with one attached hydrogen (secondary N) is 8. The molecule has 4 fully saturated rings. The fourth-order valence-electron chi connectivity index (χ4n) is 14.2. The van der Waals surface area contributed by atoms with Crippen molar-refractivity contribution in [3.8, 4) is 57.1 Å². The normalized spacial score (nSPS) is 27.5. The summed E-state index contributed by atoms with van der Waals surface area (Å²) < 4.78 is 12.4. The lowest BCUT2D eigenvalue weighted by Crippen LogP contribution is -2.59. The second-order valence-electron chi connectivity index (χ2n) is 24.9. The third-order valence-corrected chi connectivity index (χ3v) is 18.0. The van der Waals surface area contributed by atoms with Gasteiger partial charge in [0.2, 0.25) is 53.0 Å². The number of hydrogen-bond donors (Lipinski definition) is 15. The molecule has 4 aliphatic carbocycles. The van der Waals surface area contributed by atoms with Gasteiger partial charge in [-0.2, -0.15) is 0 Å². The van der Waals surface area contributed by atoms with Crippen molar-refractivity contribution in [1.29, 1.82) is 0 Å². The molecule has 14 rings (SSSR count). The molecule has 4 saturated carbocycles. The average Bonchev–Trinajstić information content (AvgIpc) is 0.876. The van der Waals surface area contributed by atoms with Crippen LogP contribution in [0.2, 0.25) is 0 Å². The van der Waals surface area contributed by atoms with Gasteiger partial charge < -0.3 is 88.4 Å². The van der Waals surface area contributed by atoms with Crippen molar-refractivity contribution in [2.24, 2.45) is 34.8 Å². The Kier molecular flexibility index (Phi) is 16.9. The van der Waals surface area contributed by atoms with Gasteiger partial charge in [0.25, 0.3) is 0 Å². The first-order chi connectivity index (χ1) is 42.4. The van der Waals surface area contributed by atoms with E-state index in [1.165, 1.54) is 67.7 Å². The number of hydrogen-bond acceptors (Lipinski definition) is 17. The largest absolute Gasteiger partial charge is 0.508 e. The van der Waals surface area contributed by atoms with E-state index in [-0.39, 0.29) is 68.3 Å². The number of ether oxygens (including phenoxy) is 2. The van der Waals surface area contributed by atoms with Crippen LogP contribution in [0.25, 0.3) is 11.1 Å². The summed E-state index contributed by atoms with van der Waals surface area (Å²) in [7, 11) is 1.53. The van der Waals surface area contributed by atoms with E-state index in [9.17, 15) is 54.6 Å². The van der Waals surface area contributed by atoms with Crippen LogP contribution in [-0.4, -0.2) is 116 Å². The predicted molar refractivity (Wildman–Crippen MR) is 316 cm³/mol. The van der Waals surface area contributed by atoms with Crippen molar-refractivity contribution in [2.75, 3.05) is 13.6 Å². The van der Waals surface area contributed by atoms with E-state index in [0.29, 0.717) is 24.2 Å². The zero-order valence-electron chi connectivity index (χ0n) is 48.9. The number of primary amides is 1. The number of amides is 8. The molecule has 0 unspecified atom stereocenters. The molecule has 5 aromatic rings. The molecule has 0 saturated heterocycles. The highest BCUT2D eigenvalue weighted by Gasteiger charge is 2.51. The molecule has 9 aliphatic rings. The number of likely N-dealkylation sites (N-methyl/N-ethyl adjacent to an activating group) is 1. The number of phenolic OH excluding ortho intramolecular Hbond substituents is 4. The Morgan fingerprint density at radius 3 is 1.79 bits per heavy atom. The molecule has 8 amide bonds. The Bertz CT molecular complexity index is 3620. The van der Waals surface area contributed by atoms with Crippen LogP contribution in [0, 0.1) is 29.1 Å². The molecule has 5 aliphatic heterocycles. The van der Waals surface area contributed by atoms with E-state index >= 15 is 14.4 Å². The first kappa shape index (κ1) is 61.2. The summed E-state index contributed by atoms with van der Waals surface area (Å²) in [6.07, 6.45) is 1.70. The third kappa shape index (κ3) is 12.7. The number of fused-ring (bicyclic) bond motifs is 15. The molecule has 89 heavy (non-hydrogen) atoms. The van der Waals surface area contributed by atoms with Crippen molar-refractivity contribution >= 4 is 47.3 Å². The molecule has 5 aromatic carbocycles. The summed E-state index contributed by atoms with van der Waals surface area (Å²) in [4.78, 5) is 117. The van der Waals surface area contributed by atoms with E-state index in [1.807, 2.05) is 13.8 Å². The first-order valence-electron chi connectivity index (χ1n) is 29.7. The number of aromatic hydroxyl groups is 4. The molecule has 9 atom stereocenters. The Morgan fingerprint density at radius 2 is 1.20 bits per heavy atom. The van der Waals surface area contributed by atoms with Crippen LogP contribution in [0.1, 0.15) is 123 Å². The van der Waals surface area contributed by atoms with E-state index < -0.39 is 143 Å². The zero-order valence-corrected chi connectivity index (χ0v) is 48.9. The van der Waals surface area contributed by atoms with E-state index in [2.05, 4.69) is 42.5 Å². The fourth-order valence-corrected chi connectivity index (χ4v) is 14.2. The third-order valence-electron chi connectivity index (χ3n) is 18.0. The second kappa shape index (κ2) is 24.6.